The molecule has 1 heterocycles. The third-order valence-electron chi connectivity index (χ3n) is 6.85. The molecular weight excluding hydrogens is 649 g/mol. The standard InChI is InChI=1S/C17H23NO6S.C14H19NO4S.C2H6/c1-23-5-3-7-24-6-2-4-11-8-12(15(20)9-14(11)19)16-18-13(10-25-16)17(21)22;1-4-5-9-7(2)12(11(17)6-10(9)16)13(20)15-8(3)14(18)19;1-2/h8-9,13,19-20H,2-7,10H2,1H3,(H,21,22);6,8,16-17H,4-5H2,1-3H3,(H,15,20)(H,18,19);1-2H3/t13-;8-;/m11./s1. The summed E-state index contributed by atoms with van der Waals surface area (Å²) >= 11 is 6.45. The van der Waals surface area contributed by atoms with Crippen molar-refractivity contribution in [2.75, 3.05) is 32.7 Å². The molecule has 0 saturated carbocycles. The van der Waals surface area contributed by atoms with Gasteiger partial charge in [0.1, 0.15) is 39.1 Å². The predicted molar refractivity (Wildman–Crippen MR) is 188 cm³/mol. The van der Waals surface area contributed by atoms with Crippen LogP contribution in [0.3, 0.4) is 0 Å². The Hall–Kier alpha value is -3.59. The van der Waals surface area contributed by atoms with E-state index < -0.39 is 24.0 Å². The third-order valence-corrected chi connectivity index (χ3v) is 8.25. The number of hydrogen-bond donors (Lipinski definition) is 7. The number of carboxylic acid groups (broad SMARTS) is 2. The summed E-state index contributed by atoms with van der Waals surface area (Å²) in [5.74, 6) is -1.89. The minimum Gasteiger partial charge on any atom is -0.508 e. The zero-order valence-corrected chi connectivity index (χ0v) is 29.5. The molecule has 0 aromatic heterocycles. The van der Waals surface area contributed by atoms with Gasteiger partial charge in [-0.3, -0.25) is 9.79 Å². The van der Waals surface area contributed by atoms with Crippen molar-refractivity contribution in [1.82, 2.24) is 5.32 Å². The fourth-order valence-corrected chi connectivity index (χ4v) is 5.91. The molecule has 0 bridgehead atoms. The Morgan fingerprint density at radius 1 is 1.00 bits per heavy atom. The highest BCUT2D eigenvalue weighted by Crippen LogP contribution is 2.35. The summed E-state index contributed by atoms with van der Waals surface area (Å²) in [7, 11) is 1.65. The van der Waals surface area contributed by atoms with E-state index in [4.69, 9.17) is 31.9 Å². The van der Waals surface area contributed by atoms with Crippen LogP contribution >= 0.6 is 24.0 Å². The topological polar surface area (TPSA) is 198 Å². The van der Waals surface area contributed by atoms with Gasteiger partial charge in [-0.05, 0) is 62.3 Å². The second kappa shape index (κ2) is 21.3. The number of nitrogens with zero attached hydrogens (tertiary/aromatic N) is 1. The first kappa shape index (κ1) is 41.4. The molecule has 0 aliphatic carbocycles. The van der Waals surface area contributed by atoms with Crippen LogP contribution in [0.4, 0.5) is 0 Å². The number of rotatable bonds is 15. The van der Waals surface area contributed by atoms with Gasteiger partial charge < -0.3 is 45.4 Å². The number of aliphatic carboxylic acids is 2. The molecule has 14 heteroatoms. The summed E-state index contributed by atoms with van der Waals surface area (Å²) in [6.45, 7) is 11.1. The van der Waals surface area contributed by atoms with Gasteiger partial charge in [-0.25, -0.2) is 4.79 Å². The second-order valence-corrected chi connectivity index (χ2v) is 11.8. The molecule has 2 atom stereocenters. The number of hydrogen-bond acceptors (Lipinski definition) is 11. The van der Waals surface area contributed by atoms with E-state index in [9.17, 15) is 30.0 Å². The highest BCUT2D eigenvalue weighted by Gasteiger charge is 2.27. The van der Waals surface area contributed by atoms with E-state index in [0.29, 0.717) is 71.3 Å². The molecule has 1 aliphatic heterocycles. The molecular formula is C33H48N2O10S2. The van der Waals surface area contributed by atoms with Crippen LogP contribution in [-0.4, -0.2) is 97.4 Å². The third kappa shape index (κ3) is 12.9. The van der Waals surface area contributed by atoms with Crippen molar-refractivity contribution in [2.24, 2.45) is 4.99 Å². The van der Waals surface area contributed by atoms with Gasteiger partial charge in [-0.15, -0.1) is 11.8 Å². The van der Waals surface area contributed by atoms with Gasteiger partial charge in [-0.1, -0.05) is 39.4 Å². The molecule has 47 heavy (non-hydrogen) atoms. The van der Waals surface area contributed by atoms with E-state index >= 15 is 0 Å². The van der Waals surface area contributed by atoms with Crippen LogP contribution < -0.4 is 5.32 Å². The number of nitrogens with one attached hydrogen (secondary N) is 1. The van der Waals surface area contributed by atoms with Gasteiger partial charge in [0.25, 0.3) is 0 Å². The Kier molecular flexibility index (Phi) is 18.8. The minimum atomic E-state index is -1.03. The lowest BCUT2D eigenvalue weighted by Crippen LogP contribution is -2.38. The quantitative estimate of drug-likeness (QED) is 0.0954. The van der Waals surface area contributed by atoms with Crippen LogP contribution in [0.1, 0.15) is 74.8 Å². The molecule has 7 N–H and O–H groups in total. The largest absolute Gasteiger partial charge is 0.508 e. The molecule has 1 aliphatic rings. The Balaban J connectivity index is 0.000000457. The van der Waals surface area contributed by atoms with Crippen LogP contribution in [0.2, 0.25) is 0 Å². The number of aryl methyl sites for hydroxylation is 1. The van der Waals surface area contributed by atoms with E-state index in [-0.39, 0.29) is 28.0 Å². The number of phenols is 4. The van der Waals surface area contributed by atoms with E-state index in [1.165, 1.54) is 30.8 Å². The van der Waals surface area contributed by atoms with E-state index in [1.807, 2.05) is 20.8 Å². The molecule has 2 aromatic rings. The van der Waals surface area contributed by atoms with Gasteiger partial charge >= 0.3 is 11.9 Å². The Morgan fingerprint density at radius 2 is 1.64 bits per heavy atom. The molecule has 0 amide bonds. The number of methoxy groups -OCH3 is 1. The first-order valence-corrected chi connectivity index (χ1v) is 16.8. The highest BCUT2D eigenvalue weighted by molar-refractivity contribution is 8.14. The summed E-state index contributed by atoms with van der Waals surface area (Å²) < 4.78 is 10.4. The molecule has 0 unspecified atom stereocenters. The van der Waals surface area contributed by atoms with Crippen molar-refractivity contribution in [1.29, 1.82) is 0 Å². The van der Waals surface area contributed by atoms with Crippen molar-refractivity contribution in [3.05, 3.63) is 46.0 Å². The smallest absolute Gasteiger partial charge is 0.329 e. The molecule has 262 valence electrons. The van der Waals surface area contributed by atoms with Crippen LogP contribution in [0.15, 0.2) is 23.2 Å². The molecule has 0 spiro atoms. The maximum atomic E-state index is 11.0. The van der Waals surface area contributed by atoms with Crippen molar-refractivity contribution < 1.29 is 49.7 Å². The second-order valence-electron chi connectivity index (χ2n) is 10.3. The Morgan fingerprint density at radius 3 is 2.21 bits per heavy atom. The highest BCUT2D eigenvalue weighted by atomic mass is 32.2. The number of thiocarbonyl (C=S) groups is 1. The van der Waals surface area contributed by atoms with Gasteiger partial charge in [0.15, 0.2) is 6.04 Å². The summed E-state index contributed by atoms with van der Waals surface area (Å²) in [5, 5.41) is 60.9. The van der Waals surface area contributed by atoms with Gasteiger partial charge in [-0.2, -0.15) is 0 Å². The van der Waals surface area contributed by atoms with Crippen LogP contribution in [0.25, 0.3) is 0 Å². The molecule has 3 rings (SSSR count). The lowest BCUT2D eigenvalue weighted by molar-refractivity contribution is -0.139. The number of phenolic OH excluding ortho intramolecular Hbond substituents is 4. The van der Waals surface area contributed by atoms with Crippen molar-refractivity contribution >= 4 is 46.0 Å². The summed E-state index contributed by atoms with van der Waals surface area (Å²) in [4.78, 5) is 26.1. The number of carbonyl (C=O) groups is 2. The number of aromatic hydroxyl groups is 4. The number of thioether (sulfide) groups is 1. The number of aliphatic imine (C=N–C) groups is 1. The molecule has 0 fully saturated rings. The predicted octanol–water partition coefficient (Wildman–Crippen LogP) is 5.15. The number of carboxylic acids is 2. The summed E-state index contributed by atoms with van der Waals surface area (Å²) in [6, 6.07) is 2.54. The van der Waals surface area contributed by atoms with Crippen molar-refractivity contribution in [3.63, 3.8) is 0 Å². The van der Waals surface area contributed by atoms with Crippen LogP contribution in [-0.2, 0) is 31.9 Å². The van der Waals surface area contributed by atoms with E-state index in [1.54, 1.807) is 20.1 Å². The van der Waals surface area contributed by atoms with E-state index in [0.717, 1.165) is 19.3 Å². The van der Waals surface area contributed by atoms with Gasteiger partial charge in [0.2, 0.25) is 0 Å². The Bertz CT molecular complexity index is 1380. The van der Waals surface area contributed by atoms with Crippen molar-refractivity contribution in [2.45, 2.75) is 78.8 Å². The maximum absolute atomic E-state index is 11.0. The van der Waals surface area contributed by atoms with Crippen molar-refractivity contribution in [3.8, 4) is 23.0 Å². The average Bonchev–Trinajstić information content (AvgIpc) is 3.51. The fourth-order valence-electron chi connectivity index (χ4n) is 4.42. The summed E-state index contributed by atoms with van der Waals surface area (Å²) in [5.41, 5.74) is 2.89. The zero-order valence-electron chi connectivity index (χ0n) is 27.8. The first-order valence-electron chi connectivity index (χ1n) is 15.5. The lowest BCUT2D eigenvalue weighted by atomic mass is 9.96. The minimum absolute atomic E-state index is 0.0130. The number of benzene rings is 2. The summed E-state index contributed by atoms with van der Waals surface area (Å²) in [6.07, 6.45) is 3.64. The SMILES string of the molecule is CC.CCCc1c(O)cc(O)c(C(=S)N[C@H](C)C(=O)O)c1C.COCCCOCCCc1cc(C2=N[C@@H](C(=O)O)CS2)c(O)cc1O. The fraction of sp³-hybridized carbons (Fsp3) is 0.515. The van der Waals surface area contributed by atoms with Gasteiger partial charge in [0, 0.05) is 50.4 Å². The molecule has 12 nitrogen and oxygen atoms in total. The first-order chi connectivity index (χ1) is 22.3. The molecule has 0 radical (unpaired) electrons. The van der Waals surface area contributed by atoms with Crippen LogP contribution in [0, 0.1) is 6.92 Å². The van der Waals surface area contributed by atoms with Gasteiger partial charge in [0.05, 0.1) is 5.56 Å². The Labute approximate surface area is 285 Å². The van der Waals surface area contributed by atoms with E-state index in [2.05, 4.69) is 10.3 Å². The lowest BCUT2D eigenvalue weighted by Gasteiger charge is -2.18. The monoisotopic (exact) mass is 696 g/mol. The maximum Gasteiger partial charge on any atom is 0.329 e. The number of ether oxygens (including phenoxy) is 2. The molecule has 0 saturated heterocycles. The zero-order chi connectivity index (χ0) is 35.7. The normalized spacial score (nSPS) is 14.2. The molecule has 2 aromatic carbocycles. The van der Waals surface area contributed by atoms with Crippen LogP contribution in [0.5, 0.6) is 23.0 Å². The average molecular weight is 697 g/mol.